The first-order chi connectivity index (χ1) is 8.34. The van der Waals surface area contributed by atoms with Crippen LogP contribution in [0.3, 0.4) is 0 Å². The van der Waals surface area contributed by atoms with Crippen molar-refractivity contribution in [3.05, 3.63) is 28.8 Å². The summed E-state index contributed by atoms with van der Waals surface area (Å²) in [6.45, 7) is 10.0. The van der Waals surface area contributed by atoms with Crippen LogP contribution in [0.5, 0.6) is 5.75 Å². The van der Waals surface area contributed by atoms with E-state index in [0.717, 1.165) is 6.07 Å². The summed E-state index contributed by atoms with van der Waals surface area (Å²) in [5.74, 6) is 0.225. The van der Waals surface area contributed by atoms with Gasteiger partial charge in [0.25, 0.3) is 0 Å². The van der Waals surface area contributed by atoms with Crippen LogP contribution in [-0.4, -0.2) is 8.32 Å². The van der Waals surface area contributed by atoms with Crippen molar-refractivity contribution in [1.29, 1.82) is 0 Å². The van der Waals surface area contributed by atoms with E-state index in [1.54, 1.807) is 0 Å². The lowest BCUT2D eigenvalue weighted by Gasteiger charge is -2.36. The first-order valence-corrected chi connectivity index (χ1v) is 9.19. The van der Waals surface area contributed by atoms with E-state index >= 15 is 0 Å². The average molecular weight is 311 g/mol. The molecule has 0 bridgehead atoms. The maximum Gasteiger partial charge on any atom is 0.417 e. The molecule has 0 radical (unpaired) electrons. The molecule has 1 aromatic rings. The Balaban J connectivity index is 3.12. The van der Waals surface area contributed by atoms with E-state index < -0.39 is 20.1 Å². The van der Waals surface area contributed by atoms with Gasteiger partial charge in [-0.25, -0.2) is 0 Å². The highest BCUT2D eigenvalue weighted by atomic mass is 35.5. The van der Waals surface area contributed by atoms with Crippen molar-refractivity contribution < 1.29 is 17.6 Å². The fraction of sp³-hybridized carbons (Fsp3) is 0.538. The molecule has 0 aliphatic heterocycles. The van der Waals surface area contributed by atoms with Crippen molar-refractivity contribution in [2.75, 3.05) is 0 Å². The second-order valence-corrected chi connectivity index (χ2v) is 11.1. The normalized spacial score (nSPS) is 13.5. The summed E-state index contributed by atoms with van der Waals surface area (Å²) in [5.41, 5.74) is -0.856. The van der Waals surface area contributed by atoms with E-state index in [1.165, 1.54) is 12.1 Å². The second-order valence-electron chi connectivity index (χ2n) is 6.00. The molecule has 0 aromatic heterocycles. The van der Waals surface area contributed by atoms with Gasteiger partial charge in [0.1, 0.15) is 5.75 Å². The van der Waals surface area contributed by atoms with E-state index in [4.69, 9.17) is 16.0 Å². The Bertz CT molecular complexity index is 464. The maximum absolute atomic E-state index is 12.8. The molecule has 0 unspecified atom stereocenters. The van der Waals surface area contributed by atoms with Crippen LogP contribution in [-0.2, 0) is 6.18 Å². The monoisotopic (exact) mass is 310 g/mol. The Morgan fingerprint density at radius 2 is 1.63 bits per heavy atom. The summed E-state index contributed by atoms with van der Waals surface area (Å²) >= 11 is 5.58. The van der Waals surface area contributed by atoms with Crippen LogP contribution < -0.4 is 4.43 Å². The minimum absolute atomic E-state index is 0.0783. The molecule has 0 amide bonds. The summed E-state index contributed by atoms with van der Waals surface area (Å²) in [6.07, 6.45) is -4.47. The third kappa shape index (κ3) is 3.89. The molecular weight excluding hydrogens is 293 g/mol. The molecule has 19 heavy (non-hydrogen) atoms. The van der Waals surface area contributed by atoms with Gasteiger partial charge < -0.3 is 4.43 Å². The van der Waals surface area contributed by atoms with Gasteiger partial charge in [0.15, 0.2) is 0 Å². The minimum atomic E-state index is -4.47. The SMILES string of the molecule is CC(C)(C)[Si](C)(C)Oc1ccc(Cl)c(C(F)(F)F)c1. The lowest BCUT2D eigenvalue weighted by atomic mass is 10.2. The molecule has 0 heterocycles. The molecule has 0 saturated carbocycles. The minimum Gasteiger partial charge on any atom is -0.543 e. The van der Waals surface area contributed by atoms with Crippen LogP contribution in [0.4, 0.5) is 13.2 Å². The molecule has 1 nitrogen and oxygen atoms in total. The number of hydrogen-bond acceptors (Lipinski definition) is 1. The highest BCUT2D eigenvalue weighted by Crippen LogP contribution is 2.40. The highest BCUT2D eigenvalue weighted by molar-refractivity contribution is 6.74. The van der Waals surface area contributed by atoms with Gasteiger partial charge in [0.2, 0.25) is 8.32 Å². The van der Waals surface area contributed by atoms with Gasteiger partial charge in [-0.2, -0.15) is 13.2 Å². The lowest BCUT2D eigenvalue weighted by Crippen LogP contribution is -2.43. The van der Waals surface area contributed by atoms with Crippen molar-refractivity contribution in [3.8, 4) is 5.75 Å². The predicted molar refractivity (Wildman–Crippen MR) is 74.3 cm³/mol. The van der Waals surface area contributed by atoms with Gasteiger partial charge in [-0.3, -0.25) is 0 Å². The topological polar surface area (TPSA) is 9.23 Å². The summed E-state index contributed by atoms with van der Waals surface area (Å²) in [7, 11) is -2.16. The lowest BCUT2D eigenvalue weighted by molar-refractivity contribution is -0.137. The molecular formula is C13H18ClF3OSi. The zero-order valence-electron chi connectivity index (χ0n) is 11.7. The third-order valence-electron chi connectivity index (χ3n) is 3.42. The van der Waals surface area contributed by atoms with Crippen LogP contribution in [0.15, 0.2) is 18.2 Å². The van der Waals surface area contributed by atoms with Crippen LogP contribution in [0.1, 0.15) is 26.3 Å². The first-order valence-electron chi connectivity index (χ1n) is 5.90. The number of alkyl halides is 3. The van der Waals surface area contributed by atoms with Gasteiger partial charge in [-0.1, -0.05) is 32.4 Å². The van der Waals surface area contributed by atoms with Crippen LogP contribution >= 0.6 is 11.6 Å². The Labute approximate surface area is 117 Å². The van der Waals surface area contributed by atoms with E-state index in [0.29, 0.717) is 0 Å². The Hall–Kier alpha value is -0.683. The Kier molecular flexibility index (Phi) is 4.32. The number of hydrogen-bond donors (Lipinski definition) is 0. The molecule has 1 rings (SSSR count). The molecule has 0 fully saturated rings. The average Bonchev–Trinajstić information content (AvgIpc) is 2.17. The molecule has 6 heteroatoms. The van der Waals surface area contributed by atoms with Crippen molar-refractivity contribution >= 4 is 19.9 Å². The summed E-state index contributed by atoms with van der Waals surface area (Å²) in [6, 6.07) is 3.69. The van der Waals surface area contributed by atoms with Gasteiger partial charge >= 0.3 is 6.18 Å². The van der Waals surface area contributed by atoms with Gasteiger partial charge in [-0.15, -0.1) is 0 Å². The Morgan fingerprint density at radius 1 is 1.11 bits per heavy atom. The Morgan fingerprint density at radius 3 is 2.05 bits per heavy atom. The fourth-order valence-corrected chi connectivity index (χ4v) is 2.48. The fourth-order valence-electron chi connectivity index (χ4n) is 1.23. The van der Waals surface area contributed by atoms with Crippen molar-refractivity contribution in [2.24, 2.45) is 0 Å². The number of halogens is 4. The van der Waals surface area contributed by atoms with Crippen molar-refractivity contribution in [2.45, 2.75) is 45.1 Å². The van der Waals surface area contributed by atoms with Gasteiger partial charge in [0, 0.05) is 0 Å². The van der Waals surface area contributed by atoms with E-state index in [1.807, 2.05) is 33.9 Å². The van der Waals surface area contributed by atoms with Crippen LogP contribution in [0.2, 0.25) is 23.2 Å². The van der Waals surface area contributed by atoms with Gasteiger partial charge in [0.05, 0.1) is 10.6 Å². The molecule has 0 saturated heterocycles. The maximum atomic E-state index is 12.8. The number of benzene rings is 1. The highest BCUT2D eigenvalue weighted by Gasteiger charge is 2.40. The zero-order valence-corrected chi connectivity index (χ0v) is 13.4. The molecule has 0 aliphatic rings. The summed E-state index contributed by atoms with van der Waals surface area (Å²) in [5, 5.41) is -0.388. The third-order valence-corrected chi connectivity index (χ3v) is 8.11. The zero-order chi connectivity index (χ0) is 15.1. The summed E-state index contributed by atoms with van der Waals surface area (Å²) < 4.78 is 44.1. The molecule has 0 aliphatic carbocycles. The van der Waals surface area contributed by atoms with Crippen molar-refractivity contribution in [3.63, 3.8) is 0 Å². The van der Waals surface area contributed by atoms with Crippen LogP contribution in [0.25, 0.3) is 0 Å². The number of rotatable bonds is 2. The van der Waals surface area contributed by atoms with E-state index in [2.05, 4.69) is 0 Å². The largest absolute Gasteiger partial charge is 0.543 e. The van der Waals surface area contributed by atoms with Crippen molar-refractivity contribution in [1.82, 2.24) is 0 Å². The summed E-state index contributed by atoms with van der Waals surface area (Å²) in [4.78, 5) is 0. The van der Waals surface area contributed by atoms with E-state index in [-0.39, 0.29) is 15.8 Å². The standard InChI is InChI=1S/C13H18ClF3OSi/c1-12(2,3)19(4,5)18-9-6-7-11(14)10(8-9)13(15,16)17/h6-8H,1-5H3. The second kappa shape index (κ2) is 5.02. The first kappa shape index (κ1) is 16.4. The molecule has 0 atom stereocenters. The molecule has 108 valence electrons. The van der Waals surface area contributed by atoms with Gasteiger partial charge in [-0.05, 0) is 36.3 Å². The molecule has 1 aromatic carbocycles. The van der Waals surface area contributed by atoms with E-state index in [9.17, 15) is 13.2 Å². The smallest absolute Gasteiger partial charge is 0.417 e. The molecule has 0 N–H and O–H groups in total. The quantitative estimate of drug-likeness (QED) is 0.633. The predicted octanol–water partition coefficient (Wildman–Crippen LogP) is 5.74. The van der Waals surface area contributed by atoms with Crippen LogP contribution in [0, 0.1) is 0 Å². The molecule has 0 spiro atoms.